The quantitative estimate of drug-likeness (QED) is 0.707. The number of ether oxygens (including phenoxy) is 1. The standard InChI is InChI=1S/C20H20N4O2/c1-14-6-3-4-9-18(14)26-12-20(25)24-17-8-5-7-16(11-17)23-19-10-15(2)21-13-22-19/h3-11,13H,12H2,1-2H3,(H,24,25)(H,21,22,23). The number of aromatic nitrogens is 2. The molecular weight excluding hydrogens is 328 g/mol. The Morgan fingerprint density at radius 2 is 1.81 bits per heavy atom. The molecular formula is C20H20N4O2. The minimum Gasteiger partial charge on any atom is -0.483 e. The van der Waals surface area contributed by atoms with Gasteiger partial charge in [-0.2, -0.15) is 0 Å². The van der Waals surface area contributed by atoms with Gasteiger partial charge in [0.15, 0.2) is 6.61 Å². The smallest absolute Gasteiger partial charge is 0.262 e. The van der Waals surface area contributed by atoms with Gasteiger partial charge in [0.05, 0.1) is 0 Å². The average molecular weight is 348 g/mol. The summed E-state index contributed by atoms with van der Waals surface area (Å²) in [4.78, 5) is 20.4. The predicted octanol–water partition coefficient (Wildman–Crippen LogP) is 3.85. The maximum absolute atomic E-state index is 12.1. The largest absolute Gasteiger partial charge is 0.483 e. The lowest BCUT2D eigenvalue weighted by Gasteiger charge is -2.11. The molecule has 6 nitrogen and oxygen atoms in total. The molecule has 0 saturated heterocycles. The summed E-state index contributed by atoms with van der Waals surface area (Å²) >= 11 is 0. The summed E-state index contributed by atoms with van der Waals surface area (Å²) in [5, 5.41) is 6.02. The maximum atomic E-state index is 12.1. The molecule has 1 aromatic heterocycles. The molecule has 0 radical (unpaired) electrons. The minimum atomic E-state index is -0.219. The number of nitrogens with zero attached hydrogens (tertiary/aromatic N) is 2. The van der Waals surface area contributed by atoms with Gasteiger partial charge in [0.25, 0.3) is 5.91 Å². The molecule has 0 aliphatic carbocycles. The van der Waals surface area contributed by atoms with Crippen molar-refractivity contribution in [2.45, 2.75) is 13.8 Å². The lowest BCUT2D eigenvalue weighted by molar-refractivity contribution is -0.118. The zero-order valence-electron chi connectivity index (χ0n) is 14.7. The molecule has 0 unspecified atom stereocenters. The minimum absolute atomic E-state index is 0.0480. The van der Waals surface area contributed by atoms with E-state index in [2.05, 4.69) is 20.6 Å². The van der Waals surface area contributed by atoms with Crippen molar-refractivity contribution in [3.8, 4) is 5.75 Å². The van der Waals surface area contributed by atoms with Crippen molar-refractivity contribution < 1.29 is 9.53 Å². The van der Waals surface area contributed by atoms with Crippen molar-refractivity contribution in [3.05, 3.63) is 72.2 Å². The molecule has 0 aliphatic rings. The summed E-state index contributed by atoms with van der Waals surface area (Å²) in [7, 11) is 0. The highest BCUT2D eigenvalue weighted by Gasteiger charge is 2.06. The van der Waals surface area contributed by atoms with Crippen LogP contribution in [0.1, 0.15) is 11.3 Å². The van der Waals surface area contributed by atoms with Crippen LogP contribution < -0.4 is 15.4 Å². The monoisotopic (exact) mass is 348 g/mol. The van der Waals surface area contributed by atoms with Gasteiger partial charge in [0.1, 0.15) is 17.9 Å². The highest BCUT2D eigenvalue weighted by molar-refractivity contribution is 5.92. The van der Waals surface area contributed by atoms with Gasteiger partial charge in [-0.1, -0.05) is 24.3 Å². The van der Waals surface area contributed by atoms with Crippen LogP contribution in [0.2, 0.25) is 0 Å². The number of nitrogens with one attached hydrogen (secondary N) is 2. The predicted molar refractivity (Wildman–Crippen MR) is 102 cm³/mol. The van der Waals surface area contributed by atoms with Crippen LogP contribution in [0.4, 0.5) is 17.2 Å². The third-order valence-electron chi connectivity index (χ3n) is 3.67. The third kappa shape index (κ3) is 4.80. The SMILES string of the molecule is Cc1cc(Nc2cccc(NC(=O)COc3ccccc3C)c2)ncn1. The number of hydrogen-bond donors (Lipinski definition) is 2. The second-order valence-electron chi connectivity index (χ2n) is 5.85. The van der Waals surface area contributed by atoms with Crippen LogP contribution in [-0.2, 0) is 4.79 Å². The molecule has 3 rings (SSSR count). The second-order valence-corrected chi connectivity index (χ2v) is 5.85. The summed E-state index contributed by atoms with van der Waals surface area (Å²) in [6.07, 6.45) is 1.51. The number of rotatable bonds is 6. The first-order valence-corrected chi connectivity index (χ1v) is 8.24. The molecule has 1 heterocycles. The summed E-state index contributed by atoms with van der Waals surface area (Å²) < 4.78 is 5.57. The van der Waals surface area contributed by atoms with Crippen molar-refractivity contribution in [2.75, 3.05) is 17.2 Å². The van der Waals surface area contributed by atoms with Gasteiger partial charge in [-0.05, 0) is 43.7 Å². The van der Waals surface area contributed by atoms with E-state index in [1.807, 2.05) is 68.4 Å². The fourth-order valence-electron chi connectivity index (χ4n) is 2.40. The zero-order chi connectivity index (χ0) is 18.4. The van der Waals surface area contributed by atoms with E-state index < -0.39 is 0 Å². The lowest BCUT2D eigenvalue weighted by atomic mass is 10.2. The Kier molecular flexibility index (Phi) is 5.43. The maximum Gasteiger partial charge on any atom is 0.262 e. The summed E-state index contributed by atoms with van der Waals surface area (Å²) in [6, 6.07) is 16.9. The number of para-hydroxylation sites is 1. The molecule has 132 valence electrons. The Morgan fingerprint density at radius 1 is 1.00 bits per heavy atom. The summed E-state index contributed by atoms with van der Waals surface area (Å²) in [5.74, 6) is 1.18. The lowest BCUT2D eigenvalue weighted by Crippen LogP contribution is -2.20. The second kappa shape index (κ2) is 8.11. The van der Waals surface area contributed by atoms with E-state index in [0.29, 0.717) is 17.3 Å². The van der Waals surface area contributed by atoms with E-state index in [-0.39, 0.29) is 12.5 Å². The molecule has 1 amide bonds. The van der Waals surface area contributed by atoms with Crippen LogP contribution in [0, 0.1) is 13.8 Å². The Hall–Kier alpha value is -3.41. The molecule has 0 aliphatic heterocycles. The van der Waals surface area contributed by atoms with Crippen molar-refractivity contribution in [1.29, 1.82) is 0 Å². The first kappa shape index (κ1) is 17.4. The van der Waals surface area contributed by atoms with Gasteiger partial charge in [-0.25, -0.2) is 9.97 Å². The number of anilines is 3. The molecule has 26 heavy (non-hydrogen) atoms. The highest BCUT2D eigenvalue weighted by Crippen LogP contribution is 2.19. The van der Waals surface area contributed by atoms with Crippen LogP contribution in [0.25, 0.3) is 0 Å². The van der Waals surface area contributed by atoms with Crippen LogP contribution in [0.3, 0.4) is 0 Å². The zero-order valence-corrected chi connectivity index (χ0v) is 14.7. The van der Waals surface area contributed by atoms with Gasteiger partial charge < -0.3 is 15.4 Å². The van der Waals surface area contributed by atoms with E-state index in [4.69, 9.17) is 4.74 Å². The van der Waals surface area contributed by atoms with Crippen LogP contribution in [0.15, 0.2) is 60.9 Å². The Bertz CT molecular complexity index is 912. The van der Waals surface area contributed by atoms with Crippen molar-refractivity contribution in [2.24, 2.45) is 0 Å². The number of carbonyl (C=O) groups is 1. The highest BCUT2D eigenvalue weighted by atomic mass is 16.5. The molecule has 2 N–H and O–H groups in total. The molecule has 3 aromatic rings. The molecule has 2 aromatic carbocycles. The van der Waals surface area contributed by atoms with Crippen molar-refractivity contribution in [3.63, 3.8) is 0 Å². The molecule has 0 spiro atoms. The van der Waals surface area contributed by atoms with Gasteiger partial charge in [0.2, 0.25) is 0 Å². The fraction of sp³-hybridized carbons (Fsp3) is 0.150. The van der Waals surface area contributed by atoms with Gasteiger partial charge >= 0.3 is 0 Å². The Labute approximate surface area is 152 Å². The van der Waals surface area contributed by atoms with Gasteiger partial charge in [-0.3, -0.25) is 4.79 Å². The van der Waals surface area contributed by atoms with Gasteiger partial charge in [0, 0.05) is 23.1 Å². The van der Waals surface area contributed by atoms with E-state index in [1.54, 1.807) is 0 Å². The summed E-state index contributed by atoms with van der Waals surface area (Å²) in [5.41, 5.74) is 3.37. The van der Waals surface area contributed by atoms with Crippen molar-refractivity contribution >= 4 is 23.1 Å². The normalized spacial score (nSPS) is 10.2. The number of amides is 1. The summed E-state index contributed by atoms with van der Waals surface area (Å²) in [6.45, 7) is 3.79. The average Bonchev–Trinajstić information content (AvgIpc) is 2.61. The van der Waals surface area contributed by atoms with E-state index in [1.165, 1.54) is 6.33 Å². The first-order chi connectivity index (χ1) is 12.6. The molecule has 6 heteroatoms. The topological polar surface area (TPSA) is 76.1 Å². The van der Waals surface area contributed by atoms with E-state index >= 15 is 0 Å². The molecule has 0 fully saturated rings. The first-order valence-electron chi connectivity index (χ1n) is 8.24. The van der Waals surface area contributed by atoms with Gasteiger partial charge in [-0.15, -0.1) is 0 Å². The fourth-order valence-corrected chi connectivity index (χ4v) is 2.40. The molecule has 0 atom stereocenters. The number of aryl methyl sites for hydroxylation is 2. The van der Waals surface area contributed by atoms with Crippen LogP contribution in [0.5, 0.6) is 5.75 Å². The Morgan fingerprint density at radius 3 is 2.62 bits per heavy atom. The molecule has 0 saturated carbocycles. The van der Waals surface area contributed by atoms with Crippen LogP contribution >= 0.6 is 0 Å². The van der Waals surface area contributed by atoms with E-state index in [0.717, 1.165) is 16.9 Å². The number of carbonyl (C=O) groups excluding carboxylic acids is 1. The number of benzene rings is 2. The van der Waals surface area contributed by atoms with Crippen molar-refractivity contribution in [1.82, 2.24) is 9.97 Å². The third-order valence-corrected chi connectivity index (χ3v) is 3.67. The molecule has 0 bridgehead atoms. The van der Waals surface area contributed by atoms with E-state index in [9.17, 15) is 4.79 Å². The Balaban J connectivity index is 1.59. The van der Waals surface area contributed by atoms with Crippen LogP contribution in [-0.4, -0.2) is 22.5 Å². The number of hydrogen-bond acceptors (Lipinski definition) is 5.